The lowest BCUT2D eigenvalue weighted by atomic mass is 9.93. The van der Waals surface area contributed by atoms with Gasteiger partial charge in [-0.15, -0.1) is 0 Å². The second-order valence-electron chi connectivity index (χ2n) is 8.10. The van der Waals surface area contributed by atoms with Crippen LogP contribution >= 0.6 is 0 Å². The normalized spacial score (nSPS) is 14.7. The number of anilines is 1. The second kappa shape index (κ2) is 8.41. The molecule has 6 nitrogen and oxygen atoms in total. The third kappa shape index (κ3) is 3.55. The molecule has 1 amide bonds. The molecule has 2 aromatic carbocycles. The lowest BCUT2D eigenvalue weighted by molar-refractivity contribution is -0.117. The van der Waals surface area contributed by atoms with E-state index in [9.17, 15) is 19.2 Å². The number of carbonyl (C=O) groups is 2. The maximum absolute atomic E-state index is 13.5. The zero-order valence-electron chi connectivity index (χ0n) is 18.2. The Morgan fingerprint density at radius 2 is 1.88 bits per heavy atom. The molecule has 0 fully saturated rings. The molecule has 0 aliphatic heterocycles. The first kappa shape index (κ1) is 21.3. The number of hydrogen-bond donors (Lipinski definition) is 1. The number of carbonyl (C=O) groups excluding carboxylic acids is 2. The number of aromatic nitrogens is 2. The Morgan fingerprint density at radius 1 is 1.15 bits per heavy atom. The van der Waals surface area contributed by atoms with Crippen LogP contribution in [-0.2, 0) is 4.79 Å². The first-order chi connectivity index (χ1) is 16.5. The lowest BCUT2D eigenvalue weighted by Crippen LogP contribution is -2.34. The van der Waals surface area contributed by atoms with E-state index in [1.165, 1.54) is 24.3 Å². The van der Waals surface area contributed by atoms with E-state index < -0.39 is 23.4 Å². The van der Waals surface area contributed by atoms with Crippen LogP contribution in [0.3, 0.4) is 0 Å². The van der Waals surface area contributed by atoms with Gasteiger partial charge in [-0.05, 0) is 72.5 Å². The molecular weight excluding hydrogens is 431 g/mol. The molecule has 0 radical (unpaired) electrons. The van der Waals surface area contributed by atoms with Crippen LogP contribution in [0.25, 0.3) is 17.3 Å². The molecule has 1 N–H and O–H groups in total. The van der Waals surface area contributed by atoms with E-state index in [0.29, 0.717) is 17.3 Å². The smallest absolute Gasteiger partial charge is 0.249 e. The summed E-state index contributed by atoms with van der Waals surface area (Å²) in [6, 6.07) is 16.3. The third-order valence-corrected chi connectivity index (χ3v) is 5.94. The number of nitrogens with one attached hydrogen (secondary N) is 1. The topological polar surface area (TPSA) is 87.8 Å². The fourth-order valence-corrected chi connectivity index (χ4v) is 4.29. The number of ketones is 1. The van der Waals surface area contributed by atoms with Crippen LogP contribution < -0.4 is 15.9 Å². The summed E-state index contributed by atoms with van der Waals surface area (Å²) < 4.78 is 14.9. The number of nitriles is 1. The first-order valence-electron chi connectivity index (χ1n) is 10.8. The number of Topliss-reactive ketones (excluding diaryl/α,β-unsaturated/α-hetero) is 1. The maximum atomic E-state index is 13.5. The molecule has 2 aliphatic rings. The van der Waals surface area contributed by atoms with Crippen LogP contribution in [0, 0.1) is 23.1 Å². The van der Waals surface area contributed by atoms with Crippen molar-refractivity contribution in [3.63, 3.8) is 0 Å². The molecule has 0 spiro atoms. The van der Waals surface area contributed by atoms with Gasteiger partial charge in [0, 0.05) is 10.9 Å². The van der Waals surface area contributed by atoms with Gasteiger partial charge in [-0.1, -0.05) is 30.4 Å². The molecule has 2 aliphatic carbocycles. The molecule has 5 rings (SSSR count). The van der Waals surface area contributed by atoms with Gasteiger partial charge in [-0.2, -0.15) is 10.4 Å². The Bertz CT molecular complexity index is 1560. The standard InChI is InChI=1S/C27H19FN4O2/c1-16-6-5-9-20-21(16)14-23-24(20)25(31-32(23)19-7-3-2-4-8-19)26(33)22(15-29)27(34)30-18-12-10-17(28)11-13-18/h2-8,10-14,22H,9H2,1H3,(H,30,34). The number of nitrogens with zero attached hydrogens (tertiary/aromatic N) is 3. The van der Waals surface area contributed by atoms with Crippen LogP contribution in [0.5, 0.6) is 0 Å². The van der Waals surface area contributed by atoms with Crippen molar-refractivity contribution in [2.45, 2.75) is 13.3 Å². The van der Waals surface area contributed by atoms with Crippen LogP contribution in [0.15, 0.2) is 77.9 Å². The van der Waals surface area contributed by atoms with Crippen molar-refractivity contribution in [2.75, 3.05) is 5.32 Å². The highest BCUT2D eigenvalue weighted by Crippen LogP contribution is 2.28. The van der Waals surface area contributed by atoms with Gasteiger partial charge in [0.15, 0.2) is 5.92 Å². The van der Waals surface area contributed by atoms with E-state index in [-0.39, 0.29) is 5.69 Å². The van der Waals surface area contributed by atoms with E-state index in [0.717, 1.165) is 27.8 Å². The van der Waals surface area contributed by atoms with Crippen LogP contribution in [0.2, 0.25) is 0 Å². The number of rotatable bonds is 5. The monoisotopic (exact) mass is 450 g/mol. The van der Waals surface area contributed by atoms with Gasteiger partial charge in [0.05, 0.1) is 17.1 Å². The summed E-state index contributed by atoms with van der Waals surface area (Å²) in [7, 11) is 0. The van der Waals surface area contributed by atoms with Crippen molar-refractivity contribution in [3.8, 4) is 11.8 Å². The van der Waals surface area contributed by atoms with Gasteiger partial charge in [0.1, 0.15) is 11.5 Å². The number of hydrogen-bond acceptors (Lipinski definition) is 4. The first-order valence-corrected chi connectivity index (χ1v) is 10.8. The number of amides is 1. The van der Waals surface area contributed by atoms with E-state index in [1.54, 1.807) is 4.68 Å². The Labute approximate surface area is 194 Å². The van der Waals surface area contributed by atoms with Crippen molar-refractivity contribution in [1.29, 1.82) is 5.26 Å². The number of para-hydroxylation sites is 1. The van der Waals surface area contributed by atoms with Crippen molar-refractivity contribution in [1.82, 2.24) is 9.78 Å². The Hall–Kier alpha value is -4.57. The summed E-state index contributed by atoms with van der Waals surface area (Å²) in [5.41, 5.74) is 4.20. The summed E-state index contributed by atoms with van der Waals surface area (Å²) in [6.07, 6.45) is 6.68. The minimum absolute atomic E-state index is 0.0870. The highest BCUT2D eigenvalue weighted by Gasteiger charge is 2.33. The summed E-state index contributed by atoms with van der Waals surface area (Å²) in [4.78, 5) is 26.4. The van der Waals surface area contributed by atoms with Crippen molar-refractivity contribution in [3.05, 3.63) is 100.0 Å². The molecule has 1 heterocycles. The third-order valence-electron chi connectivity index (χ3n) is 5.94. The van der Waals surface area contributed by atoms with E-state index in [1.807, 2.05) is 61.6 Å². The van der Waals surface area contributed by atoms with E-state index in [2.05, 4.69) is 10.4 Å². The number of halogens is 1. The maximum Gasteiger partial charge on any atom is 0.249 e. The fourth-order valence-electron chi connectivity index (χ4n) is 4.29. The average Bonchev–Trinajstić information content (AvgIpc) is 3.40. The predicted molar refractivity (Wildman–Crippen MR) is 126 cm³/mol. The minimum atomic E-state index is -1.61. The van der Waals surface area contributed by atoms with Crippen LogP contribution in [0.4, 0.5) is 10.1 Å². The summed E-state index contributed by atoms with van der Waals surface area (Å²) in [6.45, 7) is 2.00. The molecule has 0 bridgehead atoms. The fraction of sp³-hybridized carbons (Fsp3) is 0.111. The molecular formula is C27H19FN4O2. The molecule has 0 saturated heterocycles. The molecule has 1 atom stereocenters. The number of benzene rings is 2. The van der Waals surface area contributed by atoms with Crippen molar-refractivity contribution >= 4 is 29.0 Å². The highest BCUT2D eigenvalue weighted by atomic mass is 19.1. The van der Waals surface area contributed by atoms with E-state index >= 15 is 0 Å². The zero-order chi connectivity index (χ0) is 23.8. The SMILES string of the molecule is CC1=C2C=c3c(c(C(=O)C(C#N)C(=O)Nc4ccc(F)cc4)nn3-c3ccccc3)=C2CC=C1. The van der Waals surface area contributed by atoms with Gasteiger partial charge in [-0.25, -0.2) is 9.07 Å². The quantitative estimate of drug-likeness (QED) is 0.478. The van der Waals surface area contributed by atoms with Crippen LogP contribution in [-0.4, -0.2) is 21.5 Å². The predicted octanol–water partition coefficient (Wildman–Crippen LogP) is 3.19. The second-order valence-corrected chi connectivity index (χ2v) is 8.10. The van der Waals surface area contributed by atoms with Gasteiger partial charge in [-0.3, -0.25) is 9.59 Å². The molecule has 7 heteroatoms. The lowest BCUT2D eigenvalue weighted by Gasteiger charge is -2.12. The highest BCUT2D eigenvalue weighted by molar-refractivity contribution is 6.15. The molecule has 3 aromatic rings. The van der Waals surface area contributed by atoms with Gasteiger partial charge in [0.25, 0.3) is 0 Å². The number of fused-ring (bicyclic) bond motifs is 2. The van der Waals surface area contributed by atoms with Gasteiger partial charge in [0.2, 0.25) is 11.7 Å². The molecule has 1 aromatic heterocycles. The Morgan fingerprint density at radius 3 is 2.59 bits per heavy atom. The molecule has 1 unspecified atom stereocenters. The van der Waals surface area contributed by atoms with Crippen molar-refractivity contribution in [2.24, 2.45) is 5.92 Å². The summed E-state index contributed by atoms with van der Waals surface area (Å²) in [5.74, 6) is -3.53. The summed E-state index contributed by atoms with van der Waals surface area (Å²) >= 11 is 0. The van der Waals surface area contributed by atoms with E-state index in [4.69, 9.17) is 0 Å². The van der Waals surface area contributed by atoms with Gasteiger partial charge >= 0.3 is 0 Å². The minimum Gasteiger partial charge on any atom is -0.325 e. The van der Waals surface area contributed by atoms with Crippen molar-refractivity contribution < 1.29 is 14.0 Å². The summed E-state index contributed by atoms with van der Waals surface area (Å²) in [5, 5.41) is 18.2. The largest absolute Gasteiger partial charge is 0.325 e. The zero-order valence-corrected chi connectivity index (χ0v) is 18.2. The Balaban J connectivity index is 1.61. The molecule has 0 saturated carbocycles. The Kier molecular flexibility index (Phi) is 5.27. The number of allylic oxidation sites excluding steroid dienone is 4. The molecule has 34 heavy (non-hydrogen) atoms. The van der Waals surface area contributed by atoms with Gasteiger partial charge < -0.3 is 5.32 Å². The van der Waals surface area contributed by atoms with Crippen LogP contribution in [0.1, 0.15) is 23.8 Å². The molecule has 166 valence electrons. The average molecular weight is 450 g/mol.